The van der Waals surface area contributed by atoms with E-state index in [0.717, 1.165) is 39.6 Å². The van der Waals surface area contributed by atoms with Gasteiger partial charge in [0.2, 0.25) is 0 Å². The zero-order valence-corrected chi connectivity index (χ0v) is 13.5. The molecule has 0 aliphatic rings. The van der Waals surface area contributed by atoms with Crippen molar-refractivity contribution >= 4 is 5.69 Å². The van der Waals surface area contributed by atoms with Crippen molar-refractivity contribution in [3.63, 3.8) is 0 Å². The normalized spacial score (nSPS) is 10.6. The Morgan fingerprint density at radius 3 is 2.04 bits per heavy atom. The van der Waals surface area contributed by atoms with E-state index >= 15 is 0 Å². The fourth-order valence-corrected chi connectivity index (χ4v) is 2.66. The van der Waals surface area contributed by atoms with Crippen LogP contribution >= 0.6 is 0 Å². The van der Waals surface area contributed by atoms with Gasteiger partial charge in [-0.1, -0.05) is 24.3 Å². The molecule has 0 saturated heterocycles. The zero-order chi connectivity index (χ0) is 17.1. The summed E-state index contributed by atoms with van der Waals surface area (Å²) in [5.74, 6) is 0. The van der Waals surface area contributed by atoms with Crippen molar-refractivity contribution in [2.24, 2.45) is 0 Å². The lowest BCUT2D eigenvalue weighted by Gasteiger charge is -2.07. The monoisotopic (exact) mass is 324 g/mol. The molecule has 25 heavy (non-hydrogen) atoms. The zero-order valence-electron chi connectivity index (χ0n) is 13.5. The molecule has 3 aromatic heterocycles. The van der Waals surface area contributed by atoms with Gasteiger partial charge in [-0.15, -0.1) is 0 Å². The van der Waals surface area contributed by atoms with Gasteiger partial charge < -0.3 is 5.73 Å². The standard InChI is InChI=1S/C21H16N4/c22-17-9-7-15(8-10-17)16-11-13-24-21(14-16)20-6-3-5-19(25-20)18-4-1-2-12-23-18/h1-14H,22H2. The Bertz CT molecular complexity index is 996. The van der Waals surface area contributed by atoms with Crippen molar-refractivity contribution in [1.82, 2.24) is 15.0 Å². The molecule has 4 nitrogen and oxygen atoms in total. The molecule has 0 aliphatic heterocycles. The summed E-state index contributed by atoms with van der Waals surface area (Å²) in [5, 5.41) is 0. The van der Waals surface area contributed by atoms with E-state index < -0.39 is 0 Å². The van der Waals surface area contributed by atoms with Crippen LogP contribution in [0.1, 0.15) is 0 Å². The minimum absolute atomic E-state index is 0.753. The average molecular weight is 324 g/mol. The second-order valence-electron chi connectivity index (χ2n) is 5.67. The summed E-state index contributed by atoms with van der Waals surface area (Å²) in [7, 11) is 0. The maximum Gasteiger partial charge on any atom is 0.0894 e. The summed E-state index contributed by atoms with van der Waals surface area (Å²) in [4.78, 5) is 13.6. The molecule has 0 saturated carbocycles. The molecule has 4 heteroatoms. The molecule has 0 radical (unpaired) electrons. The highest BCUT2D eigenvalue weighted by Crippen LogP contribution is 2.25. The second kappa shape index (κ2) is 6.53. The first-order valence-corrected chi connectivity index (χ1v) is 8.00. The Balaban J connectivity index is 1.73. The van der Waals surface area contributed by atoms with Crippen LogP contribution in [0.4, 0.5) is 5.69 Å². The van der Waals surface area contributed by atoms with Crippen molar-refractivity contribution in [2.75, 3.05) is 5.73 Å². The summed E-state index contributed by atoms with van der Waals surface area (Å²) in [6.07, 6.45) is 3.57. The molecule has 120 valence electrons. The van der Waals surface area contributed by atoms with Crippen LogP contribution < -0.4 is 5.73 Å². The summed E-state index contributed by atoms with van der Waals surface area (Å²) in [6, 6.07) is 23.5. The van der Waals surface area contributed by atoms with Crippen LogP contribution in [0.2, 0.25) is 0 Å². The topological polar surface area (TPSA) is 64.7 Å². The third kappa shape index (κ3) is 3.23. The largest absolute Gasteiger partial charge is 0.399 e. The molecule has 4 rings (SSSR count). The molecule has 0 fully saturated rings. The molecule has 3 heterocycles. The van der Waals surface area contributed by atoms with Crippen LogP contribution in [0, 0.1) is 0 Å². The lowest BCUT2D eigenvalue weighted by Crippen LogP contribution is -1.92. The van der Waals surface area contributed by atoms with Crippen LogP contribution in [0.3, 0.4) is 0 Å². The number of hydrogen-bond donors (Lipinski definition) is 1. The number of hydrogen-bond acceptors (Lipinski definition) is 4. The van der Waals surface area contributed by atoms with Crippen molar-refractivity contribution in [1.29, 1.82) is 0 Å². The number of aromatic nitrogens is 3. The fraction of sp³-hybridized carbons (Fsp3) is 0. The molecule has 4 aromatic rings. The van der Waals surface area contributed by atoms with Crippen LogP contribution in [0.5, 0.6) is 0 Å². The van der Waals surface area contributed by atoms with E-state index in [-0.39, 0.29) is 0 Å². The number of pyridine rings is 3. The molecular weight excluding hydrogens is 308 g/mol. The van der Waals surface area contributed by atoms with E-state index in [0.29, 0.717) is 0 Å². The number of nitrogens with zero attached hydrogens (tertiary/aromatic N) is 3. The highest BCUT2D eigenvalue weighted by atomic mass is 14.8. The van der Waals surface area contributed by atoms with Gasteiger partial charge in [0.25, 0.3) is 0 Å². The first-order chi connectivity index (χ1) is 12.3. The maximum absolute atomic E-state index is 5.77. The number of rotatable bonds is 3. The van der Waals surface area contributed by atoms with Crippen molar-refractivity contribution in [3.05, 3.63) is 85.2 Å². The average Bonchev–Trinajstić information content (AvgIpc) is 2.69. The Morgan fingerprint density at radius 2 is 1.28 bits per heavy atom. The van der Waals surface area contributed by atoms with Crippen LogP contribution in [0.15, 0.2) is 85.2 Å². The quantitative estimate of drug-likeness (QED) is 0.565. The summed E-state index contributed by atoms with van der Waals surface area (Å²) >= 11 is 0. The molecular formula is C21H16N4. The van der Waals surface area contributed by atoms with Crippen molar-refractivity contribution in [2.45, 2.75) is 0 Å². The van der Waals surface area contributed by atoms with Gasteiger partial charge in [-0.25, -0.2) is 4.98 Å². The Morgan fingerprint density at radius 1 is 0.560 bits per heavy atom. The second-order valence-corrected chi connectivity index (χ2v) is 5.67. The predicted octanol–water partition coefficient (Wildman–Crippen LogP) is 4.45. The van der Waals surface area contributed by atoms with Gasteiger partial charge in [-0.2, -0.15) is 0 Å². The van der Waals surface area contributed by atoms with Gasteiger partial charge in [0, 0.05) is 18.1 Å². The Labute approximate surface area is 146 Å². The lowest BCUT2D eigenvalue weighted by atomic mass is 10.0. The summed E-state index contributed by atoms with van der Waals surface area (Å²) in [6.45, 7) is 0. The Hall–Kier alpha value is -3.53. The molecule has 0 atom stereocenters. The van der Waals surface area contributed by atoms with E-state index in [2.05, 4.69) is 9.97 Å². The van der Waals surface area contributed by atoms with Crippen molar-refractivity contribution < 1.29 is 0 Å². The first kappa shape index (κ1) is 15.0. The van der Waals surface area contributed by atoms with E-state index in [4.69, 9.17) is 10.7 Å². The van der Waals surface area contributed by atoms with E-state index in [1.807, 2.05) is 72.8 Å². The molecule has 1 aromatic carbocycles. The van der Waals surface area contributed by atoms with Crippen LogP contribution in [0.25, 0.3) is 33.9 Å². The number of nitrogens with two attached hydrogens (primary N) is 1. The Kier molecular flexibility index (Phi) is 3.92. The van der Waals surface area contributed by atoms with E-state index in [1.165, 1.54) is 0 Å². The SMILES string of the molecule is Nc1ccc(-c2ccnc(-c3cccc(-c4ccccn4)n3)c2)cc1. The van der Waals surface area contributed by atoms with E-state index in [9.17, 15) is 0 Å². The maximum atomic E-state index is 5.77. The molecule has 2 N–H and O–H groups in total. The lowest BCUT2D eigenvalue weighted by molar-refractivity contribution is 1.22. The van der Waals surface area contributed by atoms with E-state index in [1.54, 1.807) is 12.4 Å². The van der Waals surface area contributed by atoms with Gasteiger partial charge in [-0.05, 0) is 59.7 Å². The summed E-state index contributed by atoms with van der Waals surface area (Å²) < 4.78 is 0. The van der Waals surface area contributed by atoms with Gasteiger partial charge in [0.05, 0.1) is 22.8 Å². The minimum atomic E-state index is 0.753. The molecule has 0 unspecified atom stereocenters. The van der Waals surface area contributed by atoms with Gasteiger partial charge in [-0.3, -0.25) is 9.97 Å². The fourth-order valence-electron chi connectivity index (χ4n) is 2.66. The smallest absolute Gasteiger partial charge is 0.0894 e. The van der Waals surface area contributed by atoms with Gasteiger partial charge in [0.15, 0.2) is 0 Å². The predicted molar refractivity (Wildman–Crippen MR) is 101 cm³/mol. The molecule has 0 amide bonds. The molecule has 0 spiro atoms. The third-order valence-electron chi connectivity index (χ3n) is 3.94. The highest BCUT2D eigenvalue weighted by Gasteiger charge is 2.07. The summed E-state index contributed by atoms with van der Waals surface area (Å²) in [5.41, 5.74) is 12.0. The van der Waals surface area contributed by atoms with Gasteiger partial charge in [0.1, 0.15) is 0 Å². The number of anilines is 1. The number of nitrogen functional groups attached to an aromatic ring is 1. The minimum Gasteiger partial charge on any atom is -0.399 e. The van der Waals surface area contributed by atoms with Crippen molar-refractivity contribution in [3.8, 4) is 33.9 Å². The van der Waals surface area contributed by atoms with Crippen LogP contribution in [-0.2, 0) is 0 Å². The molecule has 0 bridgehead atoms. The third-order valence-corrected chi connectivity index (χ3v) is 3.94. The number of benzene rings is 1. The molecule has 0 aliphatic carbocycles. The highest BCUT2D eigenvalue weighted by molar-refractivity contribution is 5.71. The first-order valence-electron chi connectivity index (χ1n) is 8.00. The van der Waals surface area contributed by atoms with Crippen LogP contribution in [-0.4, -0.2) is 15.0 Å². The van der Waals surface area contributed by atoms with Gasteiger partial charge >= 0.3 is 0 Å².